The van der Waals surface area contributed by atoms with Gasteiger partial charge >= 0.3 is 6.18 Å². The van der Waals surface area contributed by atoms with Gasteiger partial charge in [-0.1, -0.05) is 37.3 Å². The van der Waals surface area contributed by atoms with E-state index in [-0.39, 0.29) is 11.8 Å². The van der Waals surface area contributed by atoms with Crippen LogP contribution in [0.4, 0.5) is 13.2 Å². The van der Waals surface area contributed by atoms with Gasteiger partial charge in [-0.3, -0.25) is 0 Å². The van der Waals surface area contributed by atoms with Crippen LogP contribution in [0.2, 0.25) is 0 Å². The molecule has 0 amide bonds. The molecule has 1 aliphatic rings. The molecule has 18 heavy (non-hydrogen) atoms. The summed E-state index contributed by atoms with van der Waals surface area (Å²) in [6.07, 6.45) is -3.96. The zero-order chi connectivity index (χ0) is 13.2. The molecule has 2 rings (SSSR count). The molecule has 1 N–H and O–H groups in total. The molecule has 0 bridgehead atoms. The molecule has 1 aliphatic carbocycles. The van der Waals surface area contributed by atoms with Crippen LogP contribution in [0.5, 0.6) is 0 Å². The van der Waals surface area contributed by atoms with Gasteiger partial charge in [0, 0.05) is 6.04 Å². The fraction of sp³-hybridized carbons (Fsp3) is 0.571. The molecule has 3 unspecified atom stereocenters. The highest BCUT2D eigenvalue weighted by atomic mass is 19.4. The van der Waals surface area contributed by atoms with E-state index >= 15 is 0 Å². The first-order chi connectivity index (χ1) is 8.51. The van der Waals surface area contributed by atoms with Gasteiger partial charge in [0.1, 0.15) is 0 Å². The van der Waals surface area contributed by atoms with Crippen LogP contribution in [0.1, 0.15) is 31.2 Å². The highest BCUT2D eigenvalue weighted by molar-refractivity contribution is 5.26. The molecule has 4 heteroatoms. The van der Waals surface area contributed by atoms with Crippen LogP contribution >= 0.6 is 0 Å². The summed E-state index contributed by atoms with van der Waals surface area (Å²) in [5.74, 6) is 0.409. The topological polar surface area (TPSA) is 12.0 Å². The predicted molar refractivity (Wildman–Crippen MR) is 65.4 cm³/mol. The van der Waals surface area contributed by atoms with Crippen molar-refractivity contribution in [2.45, 2.75) is 37.9 Å². The van der Waals surface area contributed by atoms with E-state index in [4.69, 9.17) is 0 Å². The third kappa shape index (κ3) is 3.48. The van der Waals surface area contributed by atoms with Crippen molar-refractivity contribution in [1.29, 1.82) is 0 Å². The largest absolute Gasteiger partial charge is 0.390 e. The Hall–Kier alpha value is -1.03. The molecule has 1 saturated carbocycles. The van der Waals surface area contributed by atoms with Crippen LogP contribution in [0.3, 0.4) is 0 Å². The Bertz CT molecular complexity index is 374. The summed E-state index contributed by atoms with van der Waals surface area (Å²) in [4.78, 5) is 0. The zero-order valence-corrected chi connectivity index (χ0v) is 10.4. The Kier molecular flexibility index (Phi) is 3.95. The molecular formula is C14H18F3N. The first-order valence-electron chi connectivity index (χ1n) is 6.36. The molecule has 1 fully saturated rings. The Morgan fingerprint density at radius 1 is 1.28 bits per heavy atom. The van der Waals surface area contributed by atoms with E-state index in [0.29, 0.717) is 6.54 Å². The summed E-state index contributed by atoms with van der Waals surface area (Å²) >= 11 is 0. The van der Waals surface area contributed by atoms with E-state index in [1.54, 1.807) is 0 Å². The SMILES string of the molecule is CCNC(CC(F)(F)F)C1CC1c1ccccc1. The molecule has 100 valence electrons. The maximum atomic E-state index is 12.5. The van der Waals surface area contributed by atoms with Crippen LogP contribution in [0.15, 0.2) is 30.3 Å². The summed E-state index contributed by atoms with van der Waals surface area (Å²) in [6, 6.07) is 9.37. The van der Waals surface area contributed by atoms with Gasteiger partial charge < -0.3 is 5.32 Å². The summed E-state index contributed by atoms with van der Waals surface area (Å²) in [5, 5.41) is 2.98. The van der Waals surface area contributed by atoms with E-state index in [2.05, 4.69) is 5.32 Å². The normalized spacial score (nSPS) is 24.9. The van der Waals surface area contributed by atoms with Gasteiger partial charge in [0.25, 0.3) is 0 Å². The van der Waals surface area contributed by atoms with Gasteiger partial charge in [-0.15, -0.1) is 0 Å². The fourth-order valence-electron chi connectivity index (χ4n) is 2.63. The molecule has 0 aliphatic heterocycles. The minimum atomic E-state index is -4.09. The van der Waals surface area contributed by atoms with Crippen molar-refractivity contribution in [3.8, 4) is 0 Å². The number of nitrogens with one attached hydrogen (secondary N) is 1. The lowest BCUT2D eigenvalue weighted by Crippen LogP contribution is -2.35. The molecule has 1 aromatic carbocycles. The van der Waals surface area contributed by atoms with E-state index < -0.39 is 18.6 Å². The van der Waals surface area contributed by atoms with Crippen molar-refractivity contribution in [1.82, 2.24) is 5.32 Å². The minimum absolute atomic E-state index is 0.119. The quantitative estimate of drug-likeness (QED) is 0.847. The second-order valence-electron chi connectivity index (χ2n) is 4.90. The lowest BCUT2D eigenvalue weighted by molar-refractivity contribution is -0.141. The third-order valence-electron chi connectivity index (χ3n) is 3.50. The van der Waals surface area contributed by atoms with Gasteiger partial charge in [-0.2, -0.15) is 13.2 Å². The summed E-state index contributed by atoms with van der Waals surface area (Å²) < 4.78 is 37.5. The average molecular weight is 257 g/mol. The Labute approximate surface area is 105 Å². The average Bonchev–Trinajstić information content (AvgIpc) is 3.08. The second-order valence-corrected chi connectivity index (χ2v) is 4.90. The van der Waals surface area contributed by atoms with Crippen molar-refractivity contribution in [2.24, 2.45) is 5.92 Å². The van der Waals surface area contributed by atoms with E-state index in [0.717, 1.165) is 12.0 Å². The summed E-state index contributed by atoms with van der Waals surface area (Å²) in [6.45, 7) is 2.43. The highest BCUT2D eigenvalue weighted by Crippen LogP contribution is 2.51. The van der Waals surface area contributed by atoms with Crippen molar-refractivity contribution in [2.75, 3.05) is 6.54 Å². The van der Waals surface area contributed by atoms with Crippen molar-refractivity contribution < 1.29 is 13.2 Å². The Balaban J connectivity index is 1.98. The number of hydrogen-bond acceptors (Lipinski definition) is 1. The van der Waals surface area contributed by atoms with Gasteiger partial charge in [0.2, 0.25) is 0 Å². The first-order valence-corrected chi connectivity index (χ1v) is 6.36. The monoisotopic (exact) mass is 257 g/mol. The van der Waals surface area contributed by atoms with Gasteiger partial charge in [-0.05, 0) is 30.4 Å². The maximum Gasteiger partial charge on any atom is 0.390 e. The van der Waals surface area contributed by atoms with Crippen LogP contribution in [-0.2, 0) is 0 Å². The van der Waals surface area contributed by atoms with Gasteiger partial charge in [0.15, 0.2) is 0 Å². The van der Waals surface area contributed by atoms with Crippen molar-refractivity contribution >= 4 is 0 Å². The van der Waals surface area contributed by atoms with Gasteiger partial charge in [-0.25, -0.2) is 0 Å². The van der Waals surface area contributed by atoms with E-state index in [1.807, 2.05) is 37.3 Å². The van der Waals surface area contributed by atoms with Crippen LogP contribution in [0, 0.1) is 5.92 Å². The highest BCUT2D eigenvalue weighted by Gasteiger charge is 2.47. The van der Waals surface area contributed by atoms with Gasteiger partial charge in [0.05, 0.1) is 6.42 Å². The molecule has 0 heterocycles. The molecule has 3 atom stereocenters. The molecular weight excluding hydrogens is 239 g/mol. The van der Waals surface area contributed by atoms with E-state index in [9.17, 15) is 13.2 Å². The Morgan fingerprint density at radius 2 is 1.94 bits per heavy atom. The summed E-state index contributed by atoms with van der Waals surface area (Å²) in [7, 11) is 0. The molecule has 1 nitrogen and oxygen atoms in total. The van der Waals surface area contributed by atoms with Crippen LogP contribution in [0.25, 0.3) is 0 Å². The fourth-order valence-corrected chi connectivity index (χ4v) is 2.63. The predicted octanol–water partition coefficient (Wildman–Crippen LogP) is 3.72. The van der Waals surface area contributed by atoms with Crippen LogP contribution in [-0.4, -0.2) is 18.8 Å². The van der Waals surface area contributed by atoms with Crippen molar-refractivity contribution in [3.05, 3.63) is 35.9 Å². The number of hydrogen-bond donors (Lipinski definition) is 1. The zero-order valence-electron chi connectivity index (χ0n) is 10.4. The number of halogens is 3. The summed E-state index contributed by atoms with van der Waals surface area (Å²) in [5.41, 5.74) is 1.16. The second kappa shape index (κ2) is 5.31. The third-order valence-corrected chi connectivity index (χ3v) is 3.50. The number of rotatable bonds is 5. The maximum absolute atomic E-state index is 12.5. The number of benzene rings is 1. The lowest BCUT2D eigenvalue weighted by atomic mass is 10.0. The Morgan fingerprint density at radius 3 is 2.50 bits per heavy atom. The first kappa shape index (κ1) is 13.4. The molecule has 0 spiro atoms. The van der Waals surface area contributed by atoms with Crippen molar-refractivity contribution in [3.63, 3.8) is 0 Å². The lowest BCUT2D eigenvalue weighted by Gasteiger charge is -2.19. The van der Waals surface area contributed by atoms with E-state index in [1.165, 1.54) is 0 Å². The molecule has 0 saturated heterocycles. The number of alkyl halides is 3. The molecule has 1 aromatic rings. The molecule has 0 aromatic heterocycles. The standard InChI is InChI=1S/C14H18F3N/c1-2-18-13(9-14(15,16)17)12-8-11(12)10-6-4-3-5-7-10/h3-7,11-13,18H,2,8-9H2,1H3. The molecule has 0 radical (unpaired) electrons. The smallest absolute Gasteiger partial charge is 0.314 e. The van der Waals surface area contributed by atoms with Crippen LogP contribution < -0.4 is 5.32 Å². The minimum Gasteiger partial charge on any atom is -0.314 e.